The second-order valence-corrected chi connectivity index (χ2v) is 4.14. The zero-order valence-electron chi connectivity index (χ0n) is 9.98. The van der Waals surface area contributed by atoms with Gasteiger partial charge in [-0.05, 0) is 18.3 Å². The van der Waals surface area contributed by atoms with E-state index in [-0.39, 0.29) is 0 Å². The van der Waals surface area contributed by atoms with Gasteiger partial charge >= 0.3 is 0 Å². The summed E-state index contributed by atoms with van der Waals surface area (Å²) in [7, 11) is 0. The van der Waals surface area contributed by atoms with Crippen molar-refractivity contribution in [3.63, 3.8) is 0 Å². The van der Waals surface area contributed by atoms with Crippen molar-refractivity contribution in [1.82, 2.24) is 0 Å². The molecule has 1 atom stereocenters. The Morgan fingerprint density at radius 2 is 1.25 bits per heavy atom. The predicted molar refractivity (Wildman–Crippen MR) is 59.5 cm³/mol. The maximum Gasteiger partial charge on any atom is -0.0443 e. The van der Waals surface area contributed by atoms with Crippen molar-refractivity contribution in [3.8, 4) is 0 Å². The molecule has 0 nitrogen and oxygen atoms in total. The third kappa shape index (κ3) is 16.5. The summed E-state index contributed by atoms with van der Waals surface area (Å²) in [5.74, 6) is 1.81. The average molecular weight is 172 g/mol. The number of rotatable bonds is 4. The van der Waals surface area contributed by atoms with Crippen LogP contribution in [0.4, 0.5) is 0 Å². The van der Waals surface area contributed by atoms with Crippen molar-refractivity contribution in [1.29, 1.82) is 0 Å². The zero-order valence-corrected chi connectivity index (χ0v) is 9.98. The first-order valence-electron chi connectivity index (χ1n) is 5.58. The fraction of sp³-hybridized carbons (Fsp3) is 1.00. The standard InChI is InChI=1S/C8H18.C4H10/c1-5-8(4)6-7(2)3;1-3-4-2/h7-8H,5-6H2,1-4H3;3-4H2,1-2H3. The molecule has 0 aromatic carbocycles. The Kier molecular flexibility index (Phi) is 13.3. The van der Waals surface area contributed by atoms with Gasteiger partial charge in [-0.3, -0.25) is 0 Å². The van der Waals surface area contributed by atoms with Gasteiger partial charge in [0.15, 0.2) is 0 Å². The number of hydrogen-bond donors (Lipinski definition) is 0. The summed E-state index contributed by atoms with van der Waals surface area (Å²) in [4.78, 5) is 0. The highest BCUT2D eigenvalue weighted by Crippen LogP contribution is 2.12. The van der Waals surface area contributed by atoms with Crippen LogP contribution in [-0.2, 0) is 0 Å². The summed E-state index contributed by atoms with van der Waals surface area (Å²) < 4.78 is 0. The summed E-state index contributed by atoms with van der Waals surface area (Å²) in [6, 6.07) is 0. The van der Waals surface area contributed by atoms with Gasteiger partial charge in [0.1, 0.15) is 0 Å². The van der Waals surface area contributed by atoms with Crippen LogP contribution < -0.4 is 0 Å². The lowest BCUT2D eigenvalue weighted by atomic mass is 9.97. The summed E-state index contributed by atoms with van der Waals surface area (Å²) in [6.07, 6.45) is 5.36. The van der Waals surface area contributed by atoms with E-state index in [1.165, 1.54) is 25.7 Å². The summed E-state index contributed by atoms with van der Waals surface area (Å²) in [6.45, 7) is 13.5. The molecule has 76 valence electrons. The Hall–Kier alpha value is 0. The molecule has 0 radical (unpaired) electrons. The Balaban J connectivity index is 0. The van der Waals surface area contributed by atoms with Crippen molar-refractivity contribution in [3.05, 3.63) is 0 Å². The van der Waals surface area contributed by atoms with E-state index in [2.05, 4.69) is 41.5 Å². The molecule has 0 spiro atoms. The third-order valence-electron chi connectivity index (χ3n) is 2.07. The molecule has 0 saturated heterocycles. The van der Waals surface area contributed by atoms with Crippen LogP contribution in [0.5, 0.6) is 0 Å². The van der Waals surface area contributed by atoms with E-state index in [1.54, 1.807) is 0 Å². The molecule has 0 bridgehead atoms. The Labute approximate surface area is 79.8 Å². The molecule has 0 aromatic heterocycles. The van der Waals surface area contributed by atoms with Gasteiger partial charge in [-0.15, -0.1) is 0 Å². The van der Waals surface area contributed by atoms with Crippen LogP contribution in [-0.4, -0.2) is 0 Å². The highest BCUT2D eigenvalue weighted by atomic mass is 14.1. The molecule has 0 amide bonds. The molecule has 0 saturated carbocycles. The number of hydrogen-bond acceptors (Lipinski definition) is 0. The molecule has 1 unspecified atom stereocenters. The average Bonchev–Trinajstić information content (AvgIpc) is 2.04. The van der Waals surface area contributed by atoms with E-state index in [0.717, 1.165) is 11.8 Å². The normalized spacial score (nSPS) is 12.2. The van der Waals surface area contributed by atoms with E-state index >= 15 is 0 Å². The van der Waals surface area contributed by atoms with Gasteiger partial charge in [0, 0.05) is 0 Å². The minimum Gasteiger partial charge on any atom is -0.0654 e. The second-order valence-electron chi connectivity index (χ2n) is 4.14. The van der Waals surface area contributed by atoms with Gasteiger partial charge in [-0.1, -0.05) is 60.8 Å². The van der Waals surface area contributed by atoms with Gasteiger partial charge in [0.05, 0.1) is 0 Å². The maximum absolute atomic E-state index is 2.32. The van der Waals surface area contributed by atoms with Crippen LogP contribution in [0, 0.1) is 11.8 Å². The quantitative estimate of drug-likeness (QED) is 0.566. The van der Waals surface area contributed by atoms with Crippen molar-refractivity contribution >= 4 is 0 Å². The monoisotopic (exact) mass is 172 g/mol. The molecule has 0 N–H and O–H groups in total. The van der Waals surface area contributed by atoms with Crippen molar-refractivity contribution in [2.45, 2.75) is 67.2 Å². The van der Waals surface area contributed by atoms with E-state index in [0.29, 0.717) is 0 Å². The summed E-state index contributed by atoms with van der Waals surface area (Å²) in [5, 5.41) is 0. The van der Waals surface area contributed by atoms with E-state index in [1.807, 2.05) is 0 Å². The SMILES string of the molecule is CCC(C)CC(C)C.CCCC. The van der Waals surface area contributed by atoms with E-state index in [9.17, 15) is 0 Å². The first-order valence-corrected chi connectivity index (χ1v) is 5.58. The lowest BCUT2D eigenvalue weighted by molar-refractivity contribution is 0.429. The highest BCUT2D eigenvalue weighted by molar-refractivity contribution is 4.52. The minimum absolute atomic E-state index is 0.880. The maximum atomic E-state index is 2.32. The largest absolute Gasteiger partial charge is 0.0654 e. The lowest BCUT2D eigenvalue weighted by Crippen LogP contribution is -1.97. The van der Waals surface area contributed by atoms with E-state index < -0.39 is 0 Å². The van der Waals surface area contributed by atoms with Gasteiger partial charge in [-0.2, -0.15) is 0 Å². The Bertz CT molecular complexity index is 62.4. The minimum atomic E-state index is 0.880. The highest BCUT2D eigenvalue weighted by Gasteiger charge is 2.00. The molecule has 0 aliphatic carbocycles. The fourth-order valence-electron chi connectivity index (χ4n) is 0.971. The fourth-order valence-corrected chi connectivity index (χ4v) is 0.971. The van der Waals surface area contributed by atoms with Crippen LogP contribution in [0.15, 0.2) is 0 Å². The molecule has 0 heterocycles. The first kappa shape index (κ1) is 14.5. The summed E-state index contributed by atoms with van der Waals surface area (Å²) >= 11 is 0. The molecule has 12 heavy (non-hydrogen) atoms. The van der Waals surface area contributed by atoms with Crippen LogP contribution in [0.2, 0.25) is 0 Å². The van der Waals surface area contributed by atoms with E-state index in [4.69, 9.17) is 0 Å². The molecule has 0 aromatic rings. The molecule has 0 aliphatic rings. The first-order chi connectivity index (χ1) is 5.58. The van der Waals surface area contributed by atoms with Crippen molar-refractivity contribution in [2.24, 2.45) is 11.8 Å². The predicted octanol–water partition coefficient (Wildman–Crippen LogP) is 4.89. The van der Waals surface area contributed by atoms with Crippen LogP contribution in [0.1, 0.15) is 67.2 Å². The lowest BCUT2D eigenvalue weighted by Gasteiger charge is -2.09. The van der Waals surface area contributed by atoms with Crippen LogP contribution in [0.25, 0.3) is 0 Å². The Morgan fingerprint density at radius 1 is 0.833 bits per heavy atom. The third-order valence-corrected chi connectivity index (χ3v) is 2.07. The van der Waals surface area contributed by atoms with Gasteiger partial charge in [0.25, 0.3) is 0 Å². The smallest absolute Gasteiger partial charge is 0.0443 e. The second kappa shape index (κ2) is 11.0. The molecule has 0 aliphatic heterocycles. The van der Waals surface area contributed by atoms with Gasteiger partial charge in [0.2, 0.25) is 0 Å². The Morgan fingerprint density at radius 3 is 1.33 bits per heavy atom. The van der Waals surface area contributed by atoms with Crippen molar-refractivity contribution in [2.75, 3.05) is 0 Å². The molecule has 0 heteroatoms. The molecule has 0 fully saturated rings. The van der Waals surface area contributed by atoms with Crippen LogP contribution >= 0.6 is 0 Å². The summed E-state index contributed by atoms with van der Waals surface area (Å²) in [5.41, 5.74) is 0. The van der Waals surface area contributed by atoms with Gasteiger partial charge < -0.3 is 0 Å². The van der Waals surface area contributed by atoms with Gasteiger partial charge in [-0.25, -0.2) is 0 Å². The molecular weight excluding hydrogens is 144 g/mol. The molecular formula is C12H28. The molecule has 0 rings (SSSR count). The topological polar surface area (TPSA) is 0 Å². The van der Waals surface area contributed by atoms with Crippen molar-refractivity contribution < 1.29 is 0 Å². The zero-order chi connectivity index (χ0) is 9.98. The number of unbranched alkanes of at least 4 members (excludes halogenated alkanes) is 1. The van der Waals surface area contributed by atoms with Crippen LogP contribution in [0.3, 0.4) is 0 Å².